The number of rotatable bonds is 24. The molecule has 36 heavy (non-hydrogen) atoms. The van der Waals surface area contributed by atoms with Gasteiger partial charge in [0.15, 0.2) is 0 Å². The first-order valence-corrected chi connectivity index (χ1v) is 15.2. The molecule has 1 fully saturated rings. The number of hydrogen-bond acceptors (Lipinski definition) is 3. The zero-order chi connectivity index (χ0) is 26.7. The van der Waals surface area contributed by atoms with Crippen molar-refractivity contribution in [3.8, 4) is 0 Å². The predicted octanol–water partition coefficient (Wildman–Crippen LogP) is 9.19. The van der Waals surface area contributed by atoms with Crippen molar-refractivity contribution in [1.82, 2.24) is 0 Å². The number of carboxylic acids is 1. The Labute approximate surface area is 220 Å². The number of hydrogen-bond donors (Lipinski definition) is 1. The number of carboxylic acid groups (broad SMARTS) is 1. The molecule has 214 valence electrons. The normalized spacial score (nSPS) is 21.2. The molecule has 0 aromatic heterocycles. The molecule has 0 spiro atoms. The van der Waals surface area contributed by atoms with Gasteiger partial charge in [-0.3, -0.25) is 4.79 Å². The predicted molar refractivity (Wildman–Crippen MR) is 144 cm³/mol. The lowest BCUT2D eigenvalue weighted by Gasteiger charge is -2.30. The van der Waals surface area contributed by atoms with E-state index in [4.69, 9.17) is 14.6 Å². The van der Waals surface area contributed by atoms with Crippen molar-refractivity contribution < 1.29 is 28.2 Å². The number of halogens is 2. The molecule has 1 rings (SSSR count). The molecule has 2 unspecified atom stereocenters. The van der Waals surface area contributed by atoms with E-state index >= 15 is 8.78 Å². The summed E-state index contributed by atoms with van der Waals surface area (Å²) in [5.74, 6) is -2.68. The number of ether oxygens (including phenoxy) is 2. The minimum Gasteiger partial charge on any atom is -0.481 e. The van der Waals surface area contributed by atoms with Crippen molar-refractivity contribution in [2.24, 2.45) is 11.8 Å². The first kappa shape index (κ1) is 33.3. The summed E-state index contributed by atoms with van der Waals surface area (Å²) in [4.78, 5) is 10.7. The van der Waals surface area contributed by atoms with E-state index < -0.39 is 18.0 Å². The number of aliphatic carboxylic acids is 1. The van der Waals surface area contributed by atoms with Crippen molar-refractivity contribution in [3.05, 3.63) is 0 Å². The highest BCUT2D eigenvalue weighted by atomic mass is 19.3. The molecule has 1 saturated carbocycles. The molecule has 0 saturated heterocycles. The number of unbranched alkanes of at least 4 members (excludes halogenated alkanes) is 8. The van der Waals surface area contributed by atoms with E-state index in [-0.39, 0.29) is 18.9 Å². The van der Waals surface area contributed by atoms with E-state index in [1.165, 1.54) is 12.8 Å². The van der Waals surface area contributed by atoms with Crippen LogP contribution in [-0.4, -0.2) is 42.4 Å². The van der Waals surface area contributed by atoms with Crippen molar-refractivity contribution in [2.45, 2.75) is 161 Å². The molecule has 0 heterocycles. The Balaban J connectivity index is 2.69. The lowest BCUT2D eigenvalue weighted by Crippen LogP contribution is -2.37. The van der Waals surface area contributed by atoms with E-state index in [1.807, 2.05) is 6.92 Å². The van der Waals surface area contributed by atoms with Crippen LogP contribution in [0.15, 0.2) is 0 Å². The van der Waals surface area contributed by atoms with Crippen molar-refractivity contribution in [1.29, 1.82) is 0 Å². The van der Waals surface area contributed by atoms with Gasteiger partial charge in [-0.1, -0.05) is 72.1 Å². The third-order valence-corrected chi connectivity index (χ3v) is 7.86. The molecule has 0 radical (unpaired) electrons. The van der Waals surface area contributed by atoms with Gasteiger partial charge in [0.2, 0.25) is 0 Å². The highest BCUT2D eigenvalue weighted by Crippen LogP contribution is 2.42. The zero-order valence-corrected chi connectivity index (χ0v) is 23.6. The summed E-state index contributed by atoms with van der Waals surface area (Å²) in [6.45, 7) is 7.47. The van der Waals surface area contributed by atoms with Crippen LogP contribution in [0.1, 0.15) is 143 Å². The quantitative estimate of drug-likeness (QED) is 0.129. The molecule has 1 N–H and O–H groups in total. The van der Waals surface area contributed by atoms with Crippen LogP contribution in [0.3, 0.4) is 0 Å². The maximum atomic E-state index is 15.1. The maximum Gasteiger partial charge on any atom is 0.303 e. The minimum atomic E-state index is -2.77. The smallest absolute Gasteiger partial charge is 0.303 e. The minimum absolute atomic E-state index is 0.0878. The second-order valence-electron chi connectivity index (χ2n) is 11.0. The second kappa shape index (κ2) is 20.2. The molecule has 0 aromatic carbocycles. The molecule has 0 bridgehead atoms. The van der Waals surface area contributed by atoms with Crippen LogP contribution >= 0.6 is 0 Å². The van der Waals surface area contributed by atoms with Gasteiger partial charge in [0.1, 0.15) is 6.10 Å². The summed E-state index contributed by atoms with van der Waals surface area (Å²) < 4.78 is 42.3. The average molecular weight is 519 g/mol. The first-order chi connectivity index (χ1) is 17.4. The molecule has 0 aliphatic heterocycles. The molecular formula is C30H56F2O4. The summed E-state index contributed by atoms with van der Waals surface area (Å²) in [6, 6.07) is 0. The van der Waals surface area contributed by atoms with Gasteiger partial charge in [-0.2, -0.15) is 0 Å². The van der Waals surface area contributed by atoms with E-state index in [0.717, 1.165) is 90.1 Å². The Hall–Kier alpha value is -0.750. The molecule has 6 heteroatoms. The summed E-state index contributed by atoms with van der Waals surface area (Å²) in [5, 5.41) is 8.84. The van der Waals surface area contributed by atoms with Crippen molar-refractivity contribution in [3.63, 3.8) is 0 Å². The molecule has 0 amide bonds. The monoisotopic (exact) mass is 518 g/mol. The van der Waals surface area contributed by atoms with Gasteiger partial charge in [0.05, 0.1) is 6.10 Å². The third kappa shape index (κ3) is 14.3. The third-order valence-electron chi connectivity index (χ3n) is 7.86. The van der Waals surface area contributed by atoms with Gasteiger partial charge < -0.3 is 14.6 Å². The van der Waals surface area contributed by atoms with E-state index in [9.17, 15) is 4.79 Å². The van der Waals surface area contributed by atoms with E-state index in [1.54, 1.807) is 0 Å². The molecule has 1 aliphatic carbocycles. The summed E-state index contributed by atoms with van der Waals surface area (Å²) >= 11 is 0. The van der Waals surface area contributed by atoms with Gasteiger partial charge in [-0.25, -0.2) is 8.78 Å². The van der Waals surface area contributed by atoms with Gasteiger partial charge in [0, 0.05) is 26.1 Å². The second-order valence-corrected chi connectivity index (χ2v) is 11.0. The lowest BCUT2D eigenvalue weighted by atomic mass is 9.84. The maximum absolute atomic E-state index is 15.1. The van der Waals surface area contributed by atoms with Crippen LogP contribution in [0.4, 0.5) is 8.78 Å². The van der Waals surface area contributed by atoms with Crippen molar-refractivity contribution >= 4 is 5.97 Å². The molecular weight excluding hydrogens is 462 g/mol. The Morgan fingerprint density at radius 2 is 1.53 bits per heavy atom. The van der Waals surface area contributed by atoms with Crippen LogP contribution in [0, 0.1) is 11.8 Å². The molecule has 4 nitrogen and oxygen atoms in total. The van der Waals surface area contributed by atoms with Gasteiger partial charge >= 0.3 is 5.97 Å². The Morgan fingerprint density at radius 1 is 0.861 bits per heavy atom. The van der Waals surface area contributed by atoms with Crippen LogP contribution in [0.5, 0.6) is 0 Å². The zero-order valence-electron chi connectivity index (χ0n) is 23.6. The van der Waals surface area contributed by atoms with Crippen LogP contribution < -0.4 is 0 Å². The highest BCUT2D eigenvalue weighted by Gasteiger charge is 2.42. The van der Waals surface area contributed by atoms with E-state index in [2.05, 4.69) is 13.8 Å². The molecule has 0 aromatic rings. The fraction of sp³-hybridized carbons (Fsp3) is 0.967. The average Bonchev–Trinajstić information content (AvgIpc) is 3.23. The van der Waals surface area contributed by atoms with Gasteiger partial charge in [0.25, 0.3) is 5.92 Å². The largest absolute Gasteiger partial charge is 0.481 e. The fourth-order valence-electron chi connectivity index (χ4n) is 5.63. The Kier molecular flexibility index (Phi) is 18.7. The molecule has 4 atom stereocenters. The van der Waals surface area contributed by atoms with Crippen LogP contribution in [-0.2, 0) is 14.3 Å². The van der Waals surface area contributed by atoms with Crippen molar-refractivity contribution in [2.75, 3.05) is 13.2 Å². The van der Waals surface area contributed by atoms with Gasteiger partial charge in [-0.05, 0) is 69.6 Å². The Morgan fingerprint density at radius 3 is 2.19 bits per heavy atom. The lowest BCUT2D eigenvalue weighted by molar-refractivity contribution is -0.147. The van der Waals surface area contributed by atoms with Crippen LogP contribution in [0.25, 0.3) is 0 Å². The number of alkyl halides is 2. The topological polar surface area (TPSA) is 55.8 Å². The Bertz CT molecular complexity index is 543. The number of carbonyl (C=O) groups is 1. The summed E-state index contributed by atoms with van der Waals surface area (Å²) in [6.07, 6.45) is 15.1. The standard InChI is InChI=1S/C30H56F2O4/c1-4-7-14-23-35-27-20-18-25(26(27)16-12-10-11-13-17-29(33)34)19-21-28(36-24-15-8-5-2)30(31,32)22-9-6-3/h25-28H,4-24H2,1-3H3,(H,33,34)/t25-,26-,27?,28?/m1/s1. The fourth-order valence-corrected chi connectivity index (χ4v) is 5.63. The molecule has 1 aliphatic rings. The van der Waals surface area contributed by atoms with Crippen LogP contribution in [0.2, 0.25) is 0 Å². The highest BCUT2D eigenvalue weighted by molar-refractivity contribution is 5.66. The van der Waals surface area contributed by atoms with E-state index in [0.29, 0.717) is 31.3 Å². The summed E-state index contributed by atoms with van der Waals surface area (Å²) in [7, 11) is 0. The first-order valence-electron chi connectivity index (χ1n) is 15.2. The summed E-state index contributed by atoms with van der Waals surface area (Å²) in [5.41, 5.74) is 0. The van der Waals surface area contributed by atoms with Gasteiger partial charge in [-0.15, -0.1) is 0 Å². The SMILES string of the molecule is CCCCCOC1CC[C@H](CCC(OCCCCC)C(F)(F)CCCC)[C@H]1CCCCCCC(=O)O.